The molecule has 27 heavy (non-hydrogen) atoms. The summed E-state index contributed by atoms with van der Waals surface area (Å²) in [5.74, 6) is 1.42. The lowest BCUT2D eigenvalue weighted by Gasteiger charge is -2.43. The summed E-state index contributed by atoms with van der Waals surface area (Å²) in [6, 6.07) is 11.4. The Morgan fingerprint density at radius 1 is 1.00 bits per heavy atom. The van der Waals surface area contributed by atoms with E-state index >= 15 is 0 Å². The van der Waals surface area contributed by atoms with Crippen LogP contribution in [0.5, 0.6) is 0 Å². The summed E-state index contributed by atoms with van der Waals surface area (Å²) in [4.78, 5) is 7.16. The Kier molecular flexibility index (Phi) is 5.76. The molecular weight excluding hydrogens is 345 g/mol. The molecule has 1 aromatic carbocycles. The number of para-hydroxylation sites is 1. The number of aliphatic hydroxyl groups is 1. The van der Waals surface area contributed by atoms with Gasteiger partial charge in [-0.05, 0) is 43.7 Å². The van der Waals surface area contributed by atoms with Gasteiger partial charge in [0.2, 0.25) is 0 Å². The summed E-state index contributed by atoms with van der Waals surface area (Å²) in [6.45, 7) is 6.56. The molecule has 4 rings (SSSR count). The van der Waals surface area contributed by atoms with Crippen molar-refractivity contribution in [2.75, 3.05) is 44.2 Å². The van der Waals surface area contributed by atoms with Gasteiger partial charge in [-0.15, -0.1) is 0 Å². The summed E-state index contributed by atoms with van der Waals surface area (Å²) < 4.78 is 19.7. The highest BCUT2D eigenvalue weighted by molar-refractivity contribution is 5.48. The maximum Gasteiger partial charge on any atom is 0.146 e. The number of likely N-dealkylation sites (tertiary alicyclic amines) is 1. The Hall–Kier alpha value is -1.89. The van der Waals surface area contributed by atoms with Crippen molar-refractivity contribution < 1.29 is 13.9 Å². The minimum absolute atomic E-state index is 0.0467. The second kappa shape index (κ2) is 8.42. The van der Waals surface area contributed by atoms with E-state index in [0.717, 1.165) is 57.3 Å². The first kappa shape index (κ1) is 18.5. The number of benzene rings is 1. The number of nitrogens with zero attached hydrogens (tertiary/aromatic N) is 3. The predicted octanol–water partition coefficient (Wildman–Crippen LogP) is 2.70. The van der Waals surface area contributed by atoms with Crippen molar-refractivity contribution in [2.24, 2.45) is 0 Å². The molecule has 6 heteroatoms. The molecule has 0 aliphatic carbocycles. The van der Waals surface area contributed by atoms with E-state index in [1.807, 2.05) is 24.3 Å². The van der Waals surface area contributed by atoms with Crippen LogP contribution in [0, 0.1) is 5.82 Å². The molecule has 1 atom stereocenters. The SMILES string of the molecule is OCc1ccc(CN2CCC[C@H](N3CCN(c4ccccc4F)CC3)C2)o1. The van der Waals surface area contributed by atoms with Crippen molar-refractivity contribution in [1.29, 1.82) is 0 Å². The van der Waals surface area contributed by atoms with Gasteiger partial charge in [0.1, 0.15) is 23.9 Å². The molecule has 2 fully saturated rings. The zero-order valence-electron chi connectivity index (χ0n) is 15.7. The average Bonchev–Trinajstić information content (AvgIpc) is 3.16. The third-order valence-corrected chi connectivity index (χ3v) is 5.76. The van der Waals surface area contributed by atoms with Crippen LogP contribution in [0.4, 0.5) is 10.1 Å². The molecule has 1 N–H and O–H groups in total. The number of halogens is 1. The number of aliphatic hydroxyl groups excluding tert-OH is 1. The number of rotatable bonds is 5. The first-order valence-corrected chi connectivity index (χ1v) is 9.87. The number of piperidine rings is 1. The molecule has 0 amide bonds. The van der Waals surface area contributed by atoms with Crippen LogP contribution in [0.2, 0.25) is 0 Å². The molecule has 0 radical (unpaired) electrons. The van der Waals surface area contributed by atoms with Crippen molar-refractivity contribution in [3.05, 3.63) is 53.7 Å². The summed E-state index contributed by atoms with van der Waals surface area (Å²) in [5, 5.41) is 9.15. The molecule has 5 nitrogen and oxygen atoms in total. The molecule has 3 heterocycles. The highest BCUT2D eigenvalue weighted by atomic mass is 19.1. The Morgan fingerprint density at radius 2 is 1.78 bits per heavy atom. The number of anilines is 1. The fraction of sp³-hybridized carbons (Fsp3) is 0.524. The van der Waals surface area contributed by atoms with Gasteiger partial charge in [0.15, 0.2) is 0 Å². The van der Waals surface area contributed by atoms with Gasteiger partial charge in [-0.3, -0.25) is 9.80 Å². The summed E-state index contributed by atoms with van der Waals surface area (Å²) >= 11 is 0. The Morgan fingerprint density at radius 3 is 2.52 bits per heavy atom. The summed E-state index contributed by atoms with van der Waals surface area (Å²) in [5.41, 5.74) is 0.722. The first-order valence-electron chi connectivity index (χ1n) is 9.87. The Labute approximate surface area is 160 Å². The van der Waals surface area contributed by atoms with Crippen LogP contribution in [0.1, 0.15) is 24.4 Å². The van der Waals surface area contributed by atoms with Gasteiger partial charge in [-0.25, -0.2) is 4.39 Å². The number of piperazine rings is 1. The molecule has 0 bridgehead atoms. The maximum atomic E-state index is 14.0. The van der Waals surface area contributed by atoms with Crippen molar-refractivity contribution in [3.8, 4) is 0 Å². The molecule has 0 saturated carbocycles. The summed E-state index contributed by atoms with van der Waals surface area (Å²) in [7, 11) is 0. The summed E-state index contributed by atoms with van der Waals surface area (Å²) in [6.07, 6.45) is 2.40. The van der Waals surface area contributed by atoms with Crippen LogP contribution < -0.4 is 4.90 Å². The lowest BCUT2D eigenvalue weighted by Crippen LogP contribution is -2.55. The third-order valence-electron chi connectivity index (χ3n) is 5.76. The second-order valence-electron chi connectivity index (χ2n) is 7.53. The highest BCUT2D eigenvalue weighted by Crippen LogP contribution is 2.24. The zero-order valence-corrected chi connectivity index (χ0v) is 15.7. The van der Waals surface area contributed by atoms with E-state index in [0.29, 0.717) is 11.8 Å². The van der Waals surface area contributed by atoms with Gasteiger partial charge in [0.25, 0.3) is 0 Å². The van der Waals surface area contributed by atoms with Crippen LogP contribution in [0.3, 0.4) is 0 Å². The van der Waals surface area contributed by atoms with Crippen LogP contribution in [-0.2, 0) is 13.2 Å². The van der Waals surface area contributed by atoms with E-state index in [1.165, 1.54) is 18.9 Å². The average molecular weight is 373 g/mol. The second-order valence-corrected chi connectivity index (χ2v) is 7.53. The molecule has 146 valence electrons. The van der Waals surface area contributed by atoms with E-state index in [4.69, 9.17) is 9.52 Å². The van der Waals surface area contributed by atoms with E-state index < -0.39 is 0 Å². The molecule has 2 aromatic rings. The molecule has 2 aliphatic rings. The largest absolute Gasteiger partial charge is 0.462 e. The van der Waals surface area contributed by atoms with Gasteiger partial charge in [-0.1, -0.05) is 12.1 Å². The first-order chi connectivity index (χ1) is 13.2. The van der Waals surface area contributed by atoms with Crippen molar-refractivity contribution in [3.63, 3.8) is 0 Å². The molecular formula is C21H28FN3O2. The van der Waals surface area contributed by atoms with E-state index in [2.05, 4.69) is 14.7 Å². The van der Waals surface area contributed by atoms with E-state index in [1.54, 1.807) is 6.07 Å². The molecule has 0 unspecified atom stereocenters. The fourth-order valence-electron chi connectivity index (χ4n) is 4.32. The zero-order chi connectivity index (χ0) is 18.6. The highest BCUT2D eigenvalue weighted by Gasteiger charge is 2.29. The van der Waals surface area contributed by atoms with Gasteiger partial charge in [-0.2, -0.15) is 0 Å². The maximum absolute atomic E-state index is 14.0. The number of hydrogen-bond donors (Lipinski definition) is 1. The Bertz CT molecular complexity index is 743. The van der Waals surface area contributed by atoms with Gasteiger partial charge in [0, 0.05) is 38.8 Å². The molecule has 0 spiro atoms. The predicted molar refractivity (Wildman–Crippen MR) is 103 cm³/mol. The van der Waals surface area contributed by atoms with Crippen molar-refractivity contribution >= 4 is 5.69 Å². The normalized spacial score (nSPS) is 22.3. The van der Waals surface area contributed by atoms with Crippen LogP contribution in [-0.4, -0.2) is 60.2 Å². The van der Waals surface area contributed by atoms with Gasteiger partial charge < -0.3 is 14.4 Å². The standard InChI is InChI=1S/C21H28FN3O2/c22-20-5-1-2-6-21(20)25-12-10-24(11-13-25)17-4-3-9-23(14-17)15-18-7-8-19(16-26)27-18/h1-2,5-8,17,26H,3-4,9-16H2/t17-/m0/s1. The number of furan rings is 1. The minimum Gasteiger partial charge on any atom is -0.462 e. The van der Waals surface area contributed by atoms with Crippen LogP contribution >= 0.6 is 0 Å². The fourth-order valence-corrected chi connectivity index (χ4v) is 4.32. The number of hydrogen-bond acceptors (Lipinski definition) is 5. The topological polar surface area (TPSA) is 43.1 Å². The van der Waals surface area contributed by atoms with Crippen molar-refractivity contribution in [2.45, 2.75) is 32.0 Å². The van der Waals surface area contributed by atoms with Crippen LogP contribution in [0.25, 0.3) is 0 Å². The molecule has 2 aliphatic heterocycles. The molecule has 1 aromatic heterocycles. The van der Waals surface area contributed by atoms with E-state index in [9.17, 15) is 4.39 Å². The van der Waals surface area contributed by atoms with Crippen molar-refractivity contribution in [1.82, 2.24) is 9.80 Å². The smallest absolute Gasteiger partial charge is 0.146 e. The third kappa shape index (κ3) is 4.34. The lowest BCUT2D eigenvalue weighted by molar-refractivity contribution is 0.0841. The molecule has 2 saturated heterocycles. The minimum atomic E-state index is -0.129. The monoisotopic (exact) mass is 373 g/mol. The quantitative estimate of drug-likeness (QED) is 0.873. The lowest BCUT2D eigenvalue weighted by atomic mass is 10.0. The van der Waals surface area contributed by atoms with Gasteiger partial charge >= 0.3 is 0 Å². The Balaban J connectivity index is 1.31. The van der Waals surface area contributed by atoms with E-state index in [-0.39, 0.29) is 12.4 Å². The van der Waals surface area contributed by atoms with Gasteiger partial charge in [0.05, 0.1) is 12.2 Å². The van der Waals surface area contributed by atoms with Crippen LogP contribution in [0.15, 0.2) is 40.8 Å².